The molecule has 0 fully saturated rings. The fourth-order valence-electron chi connectivity index (χ4n) is 3.76. The second-order valence-electron chi connectivity index (χ2n) is 7.03. The van der Waals surface area contributed by atoms with Gasteiger partial charge in [0.2, 0.25) is 5.69 Å². The van der Waals surface area contributed by atoms with Gasteiger partial charge in [0.05, 0.1) is 30.4 Å². The van der Waals surface area contributed by atoms with Crippen LogP contribution in [0.15, 0.2) is 53.5 Å². The molecule has 1 heterocycles. The number of benzene rings is 2. The van der Waals surface area contributed by atoms with Crippen molar-refractivity contribution in [3.05, 3.63) is 75.2 Å². The van der Waals surface area contributed by atoms with Gasteiger partial charge in [-0.25, -0.2) is 15.4 Å². The molecule has 4 rings (SSSR count). The third-order valence-corrected chi connectivity index (χ3v) is 5.23. The van der Waals surface area contributed by atoms with Crippen molar-refractivity contribution in [2.24, 2.45) is 0 Å². The molecule has 2 aromatic carbocycles. The number of hydrogen-bond acceptors (Lipinski definition) is 5. The molecule has 2 unspecified atom stereocenters. The number of methoxy groups -OCH3 is 1. The Morgan fingerprint density at radius 2 is 2.10 bits per heavy atom. The van der Waals surface area contributed by atoms with Crippen molar-refractivity contribution in [1.29, 1.82) is 0 Å². The largest absolute Gasteiger partial charge is 0.603 e. The lowest BCUT2D eigenvalue weighted by Gasteiger charge is -2.28. The average Bonchev–Trinajstić information content (AvgIpc) is 2.74. The topological polar surface area (TPSA) is 111 Å². The molecule has 0 spiro atoms. The lowest BCUT2D eigenvalue weighted by atomic mass is 9.87. The number of H-pyrrole nitrogens is 1. The van der Waals surface area contributed by atoms with Crippen LogP contribution in [0.25, 0.3) is 10.9 Å². The maximum atomic E-state index is 12.7. The van der Waals surface area contributed by atoms with Crippen LogP contribution in [0.3, 0.4) is 0 Å². The number of aryl methyl sites for hydroxylation is 1. The third-order valence-electron chi connectivity index (χ3n) is 5.23. The van der Waals surface area contributed by atoms with Crippen molar-refractivity contribution < 1.29 is 14.7 Å². The van der Waals surface area contributed by atoms with E-state index in [1.54, 1.807) is 18.2 Å². The molecule has 8 nitrogen and oxygen atoms in total. The highest BCUT2D eigenvalue weighted by atomic mass is 16.5. The van der Waals surface area contributed by atoms with E-state index in [2.05, 4.69) is 15.7 Å². The van der Waals surface area contributed by atoms with E-state index in [1.807, 2.05) is 24.3 Å². The monoisotopic (exact) mass is 394 g/mol. The molecule has 0 aliphatic heterocycles. The smallest absolute Gasteiger partial charge is 0.407 e. The zero-order valence-corrected chi connectivity index (χ0v) is 16.0. The molecule has 0 bridgehead atoms. The Hall–Kier alpha value is -3.36. The number of hydrogen-bond donors (Lipinski definition) is 4. The van der Waals surface area contributed by atoms with Gasteiger partial charge in [0.1, 0.15) is 0 Å². The first-order chi connectivity index (χ1) is 14.1. The number of aromatic nitrogens is 1. The number of amides is 1. The number of pyridine rings is 1. The zero-order valence-electron chi connectivity index (χ0n) is 16.0. The molecule has 1 aliphatic carbocycles. The Bertz CT molecular complexity index is 1110. The molecule has 0 saturated carbocycles. The molecule has 4 N–H and O–H groups in total. The van der Waals surface area contributed by atoms with Crippen LogP contribution in [0.4, 0.5) is 16.2 Å². The van der Waals surface area contributed by atoms with Gasteiger partial charge in [-0.15, -0.1) is 0 Å². The molecule has 1 aliphatic rings. The van der Waals surface area contributed by atoms with Crippen LogP contribution in [-0.2, 0) is 11.2 Å². The molecule has 0 saturated heterocycles. The Morgan fingerprint density at radius 3 is 2.93 bits per heavy atom. The van der Waals surface area contributed by atoms with Crippen molar-refractivity contribution in [3.8, 4) is 0 Å². The quantitative estimate of drug-likeness (QED) is 0.508. The number of nitrogens with one attached hydrogen (secondary N) is 4. The van der Waals surface area contributed by atoms with Crippen molar-refractivity contribution in [2.75, 3.05) is 12.5 Å². The second-order valence-corrected chi connectivity index (χ2v) is 7.03. The summed E-state index contributed by atoms with van der Waals surface area (Å²) in [5.41, 5.74) is 5.85. The Labute approximate surface area is 167 Å². The van der Waals surface area contributed by atoms with E-state index in [0.29, 0.717) is 16.6 Å². The van der Waals surface area contributed by atoms with E-state index in [4.69, 9.17) is 4.74 Å². The summed E-state index contributed by atoms with van der Waals surface area (Å²) >= 11 is 0. The highest BCUT2D eigenvalue weighted by molar-refractivity contribution is 5.80. The lowest BCUT2D eigenvalue weighted by molar-refractivity contribution is -0.750. The van der Waals surface area contributed by atoms with Crippen molar-refractivity contribution in [2.45, 2.75) is 25.3 Å². The second kappa shape index (κ2) is 7.94. The zero-order chi connectivity index (χ0) is 20.4. The molecule has 29 heavy (non-hydrogen) atoms. The highest BCUT2D eigenvalue weighted by Crippen LogP contribution is 2.31. The first-order valence-electron chi connectivity index (χ1n) is 9.46. The number of ether oxygens (including phenoxy) is 1. The van der Waals surface area contributed by atoms with Crippen LogP contribution in [0.2, 0.25) is 0 Å². The van der Waals surface area contributed by atoms with E-state index in [9.17, 15) is 14.8 Å². The summed E-state index contributed by atoms with van der Waals surface area (Å²) in [6.07, 6.45) is 3.61. The first kappa shape index (κ1) is 19.0. The summed E-state index contributed by atoms with van der Waals surface area (Å²) in [4.78, 5) is 27.3. The van der Waals surface area contributed by atoms with Crippen LogP contribution >= 0.6 is 0 Å². The van der Waals surface area contributed by atoms with Crippen LogP contribution in [0.1, 0.15) is 30.0 Å². The van der Waals surface area contributed by atoms with Crippen molar-refractivity contribution in [1.82, 2.24) is 10.3 Å². The number of anilines is 1. The average molecular weight is 394 g/mol. The molecular formula is C21H22N4O4. The van der Waals surface area contributed by atoms with Gasteiger partial charge in [-0.3, -0.25) is 4.79 Å². The molecule has 1 amide bonds. The summed E-state index contributed by atoms with van der Waals surface area (Å²) in [5.74, 6) is 0. The van der Waals surface area contributed by atoms with Crippen LogP contribution < -0.4 is 21.3 Å². The maximum Gasteiger partial charge on any atom is 0.407 e. The fraction of sp³-hybridized carbons (Fsp3) is 0.238. The van der Waals surface area contributed by atoms with Gasteiger partial charge in [0.25, 0.3) is 5.43 Å². The molecule has 8 heteroatoms. The Balaban J connectivity index is 1.60. The number of rotatable bonds is 4. The summed E-state index contributed by atoms with van der Waals surface area (Å²) in [7, 11) is 1.33. The number of para-hydroxylation sites is 1. The predicted molar refractivity (Wildman–Crippen MR) is 110 cm³/mol. The van der Waals surface area contributed by atoms with Gasteiger partial charge >= 0.3 is 6.09 Å². The number of fused-ring (bicyclic) bond motifs is 2. The summed E-state index contributed by atoms with van der Waals surface area (Å²) in [6.45, 7) is 0. The number of alkyl carbamates (subject to hydrolysis) is 1. The minimum Gasteiger partial charge on any atom is -0.603 e. The van der Waals surface area contributed by atoms with Gasteiger partial charge in [0.15, 0.2) is 0 Å². The van der Waals surface area contributed by atoms with E-state index < -0.39 is 11.3 Å². The third kappa shape index (κ3) is 3.80. The van der Waals surface area contributed by atoms with Crippen LogP contribution in [-0.4, -0.2) is 18.2 Å². The number of carbonyl (C=O) groups excluding carboxylic acids is 1. The van der Waals surface area contributed by atoms with Crippen molar-refractivity contribution in [3.63, 3.8) is 0 Å². The van der Waals surface area contributed by atoms with Crippen LogP contribution in [0, 0.1) is 5.21 Å². The Morgan fingerprint density at radius 1 is 1.28 bits per heavy atom. The summed E-state index contributed by atoms with van der Waals surface area (Å²) in [6, 6.07) is 12.5. The number of carbonyl (C=O) groups is 1. The van der Waals surface area contributed by atoms with Gasteiger partial charge < -0.3 is 20.2 Å². The lowest BCUT2D eigenvalue weighted by Crippen LogP contribution is -3.06. The molecular weight excluding hydrogens is 372 g/mol. The van der Waals surface area contributed by atoms with E-state index >= 15 is 0 Å². The minimum absolute atomic E-state index is 0.0469. The van der Waals surface area contributed by atoms with Gasteiger partial charge in [-0.2, -0.15) is 0 Å². The predicted octanol–water partition coefficient (Wildman–Crippen LogP) is 2.30. The van der Waals surface area contributed by atoms with Gasteiger partial charge in [-0.1, -0.05) is 18.2 Å². The van der Waals surface area contributed by atoms with Gasteiger partial charge in [-0.05, 0) is 54.7 Å². The standard InChI is InChI=1S/C21H22N4O4/c1-29-21(27)23-18-8-4-5-13-9-10-14(11-16(13)18)24-25(28)19-12-22-17-7-3-2-6-15(17)20(19)26/h2-3,6-7,9-12,18,24-25H,4-5,8H2,1H3,(H,22,26)(H,23,27). The van der Waals surface area contributed by atoms with Gasteiger partial charge in [0, 0.05) is 5.52 Å². The molecule has 2 atom stereocenters. The summed E-state index contributed by atoms with van der Waals surface area (Å²) < 4.78 is 4.71. The maximum absolute atomic E-state index is 12.7. The number of quaternary nitrogens is 1. The van der Waals surface area contributed by atoms with E-state index in [-0.39, 0.29) is 17.2 Å². The first-order valence-corrected chi connectivity index (χ1v) is 9.46. The Kier molecular flexibility index (Phi) is 5.20. The molecule has 3 aromatic rings. The minimum atomic E-state index is -0.486. The molecule has 1 aromatic heterocycles. The SMILES string of the molecule is COC(=O)NC1CCCc2ccc(N[NH+]([O-])c3c[nH]c4ccccc4c3=O)cc21. The fourth-order valence-corrected chi connectivity index (χ4v) is 3.76. The molecule has 150 valence electrons. The molecule has 0 radical (unpaired) electrons. The van der Waals surface area contributed by atoms with Crippen LogP contribution in [0.5, 0.6) is 0 Å². The van der Waals surface area contributed by atoms with E-state index in [0.717, 1.165) is 30.4 Å². The van der Waals surface area contributed by atoms with Crippen molar-refractivity contribution >= 4 is 28.4 Å². The highest BCUT2D eigenvalue weighted by Gasteiger charge is 2.23. The normalized spacial score (nSPS) is 16.7. The summed E-state index contributed by atoms with van der Waals surface area (Å²) in [5, 5.41) is 15.6. The van der Waals surface area contributed by atoms with E-state index in [1.165, 1.54) is 13.3 Å². The number of aromatic amines is 1.